The van der Waals surface area contributed by atoms with E-state index in [1.54, 1.807) is 36.3 Å². The zero-order valence-corrected chi connectivity index (χ0v) is 24.1. The molecule has 1 N–H and O–H groups in total. The number of benzene rings is 2. The molecule has 5 rings (SSSR count). The highest BCUT2D eigenvalue weighted by atomic mass is 79.9. The molecule has 1 atom stereocenters. The Kier molecular flexibility index (Phi) is 7.72. The smallest absolute Gasteiger partial charge is 0.271 e. The summed E-state index contributed by atoms with van der Waals surface area (Å²) in [4.78, 5) is 14.7. The Bertz CT molecular complexity index is 1400. The fourth-order valence-electron chi connectivity index (χ4n) is 4.81. The van der Waals surface area contributed by atoms with Gasteiger partial charge in [-0.1, -0.05) is 23.7 Å². The number of anilines is 2. The van der Waals surface area contributed by atoms with Gasteiger partial charge in [0.2, 0.25) is 5.91 Å². The summed E-state index contributed by atoms with van der Waals surface area (Å²) in [6, 6.07) is 14.2. The fraction of sp³-hybridized carbons (Fsp3) is 0.346. The Morgan fingerprint density at radius 2 is 1.89 bits per heavy atom. The minimum atomic E-state index is -3.82. The van der Waals surface area contributed by atoms with Crippen molar-refractivity contribution in [2.75, 3.05) is 23.3 Å². The molecule has 1 aliphatic carbocycles. The van der Waals surface area contributed by atoms with Crippen molar-refractivity contribution in [2.24, 2.45) is 0 Å². The lowest BCUT2D eigenvalue weighted by Gasteiger charge is -2.20. The number of nitrogens with one attached hydrogen (secondary N) is 1. The lowest BCUT2D eigenvalue weighted by atomic mass is 9.98. The van der Waals surface area contributed by atoms with E-state index >= 15 is 0 Å². The summed E-state index contributed by atoms with van der Waals surface area (Å²) in [5.74, 6) is 1.37. The van der Waals surface area contributed by atoms with Gasteiger partial charge in [-0.15, -0.1) is 11.3 Å². The fourth-order valence-corrected chi connectivity index (χ4v) is 8.16. The third kappa shape index (κ3) is 5.77. The first-order chi connectivity index (χ1) is 17.7. The summed E-state index contributed by atoms with van der Waals surface area (Å²) in [6.45, 7) is 0.484. The van der Waals surface area contributed by atoms with Gasteiger partial charge in [-0.05, 0) is 83.6 Å². The molecule has 2 aromatic carbocycles. The van der Waals surface area contributed by atoms with E-state index in [2.05, 4.69) is 20.7 Å². The molecular weight excluding hydrogens is 600 g/mol. The number of hydrogen-bond donors (Lipinski definition) is 1. The molecule has 0 bridgehead atoms. The van der Waals surface area contributed by atoms with E-state index in [-0.39, 0.29) is 22.1 Å². The maximum Gasteiger partial charge on any atom is 0.271 e. The van der Waals surface area contributed by atoms with E-state index in [0.717, 1.165) is 35.5 Å². The minimum absolute atomic E-state index is 0.0182. The number of thiophene rings is 1. The van der Waals surface area contributed by atoms with Crippen LogP contribution in [0.2, 0.25) is 4.34 Å². The Balaban J connectivity index is 1.33. The van der Waals surface area contributed by atoms with E-state index in [9.17, 15) is 13.2 Å². The molecule has 1 unspecified atom stereocenters. The molecule has 37 heavy (non-hydrogen) atoms. The van der Waals surface area contributed by atoms with Crippen LogP contribution in [0.25, 0.3) is 0 Å². The normalized spacial score (nSPS) is 18.4. The average Bonchev–Trinajstić information content (AvgIpc) is 3.60. The topological polar surface area (TPSA) is 84.9 Å². The maximum atomic E-state index is 13.0. The van der Waals surface area contributed by atoms with Gasteiger partial charge >= 0.3 is 0 Å². The Morgan fingerprint density at radius 1 is 1.11 bits per heavy atom. The minimum Gasteiger partial charge on any atom is -0.493 e. The number of amides is 1. The number of hydrogen-bond acceptors (Lipinski definition) is 6. The molecule has 1 amide bonds. The molecule has 0 radical (unpaired) electrons. The molecule has 3 aromatic rings. The van der Waals surface area contributed by atoms with Crippen molar-refractivity contribution in [3.63, 3.8) is 0 Å². The second kappa shape index (κ2) is 10.8. The van der Waals surface area contributed by atoms with Crippen LogP contribution in [0.3, 0.4) is 0 Å². The SMILES string of the molecule is COc1ccc(C2CC(=O)N(c3cccc(NS(=O)(=O)c4cc(Br)c(Cl)s4)c3)C2)cc1OC1CCCC1. The van der Waals surface area contributed by atoms with Crippen LogP contribution in [0.15, 0.2) is 57.2 Å². The molecule has 2 aliphatic rings. The van der Waals surface area contributed by atoms with Gasteiger partial charge in [-0.25, -0.2) is 8.42 Å². The molecule has 11 heteroatoms. The van der Waals surface area contributed by atoms with E-state index in [0.29, 0.717) is 38.9 Å². The standard InChI is InChI=1S/C26H26BrClN2O5S2/c1-34-22-10-9-16(11-23(22)35-20-7-2-3-8-20)17-12-24(31)30(15-17)19-6-4-5-18(13-19)29-37(32,33)25-14-21(27)26(28)36-25/h4-6,9-11,13-14,17,20,29H,2-3,7-8,12,15H2,1H3. The van der Waals surface area contributed by atoms with E-state index < -0.39 is 10.0 Å². The summed E-state index contributed by atoms with van der Waals surface area (Å²) in [6.07, 6.45) is 4.98. The van der Waals surface area contributed by atoms with Crippen LogP contribution in [0.5, 0.6) is 11.5 Å². The van der Waals surface area contributed by atoms with Gasteiger partial charge in [0.15, 0.2) is 11.5 Å². The number of carbonyl (C=O) groups excluding carboxylic acids is 1. The number of sulfonamides is 1. The Labute approximate surface area is 233 Å². The van der Waals surface area contributed by atoms with Crippen molar-refractivity contribution < 1.29 is 22.7 Å². The number of rotatable bonds is 8. The van der Waals surface area contributed by atoms with Gasteiger partial charge in [0.25, 0.3) is 10.0 Å². The second-order valence-corrected chi connectivity index (χ2v) is 13.6. The molecule has 196 valence electrons. The van der Waals surface area contributed by atoms with Crippen molar-refractivity contribution >= 4 is 66.2 Å². The quantitative estimate of drug-likeness (QED) is 0.297. The first-order valence-corrected chi connectivity index (χ1v) is 15.4. The predicted molar refractivity (Wildman–Crippen MR) is 150 cm³/mol. The summed E-state index contributed by atoms with van der Waals surface area (Å²) in [7, 11) is -2.19. The van der Waals surface area contributed by atoms with E-state index in [4.69, 9.17) is 21.1 Å². The molecule has 1 saturated carbocycles. The van der Waals surface area contributed by atoms with Crippen LogP contribution in [0.4, 0.5) is 11.4 Å². The first-order valence-electron chi connectivity index (χ1n) is 12.0. The Hall–Kier alpha value is -2.27. The van der Waals surface area contributed by atoms with Crippen molar-refractivity contribution in [1.82, 2.24) is 0 Å². The molecule has 0 spiro atoms. The monoisotopic (exact) mass is 624 g/mol. The lowest BCUT2D eigenvalue weighted by Crippen LogP contribution is -2.24. The highest BCUT2D eigenvalue weighted by Crippen LogP contribution is 2.39. The number of halogens is 2. The zero-order valence-electron chi connectivity index (χ0n) is 20.1. The van der Waals surface area contributed by atoms with Crippen LogP contribution in [-0.2, 0) is 14.8 Å². The second-order valence-electron chi connectivity index (χ2n) is 9.18. The molecule has 1 aromatic heterocycles. The summed E-state index contributed by atoms with van der Waals surface area (Å²) in [5, 5.41) is 0. The highest BCUT2D eigenvalue weighted by molar-refractivity contribution is 9.10. The molecule has 7 nitrogen and oxygen atoms in total. The van der Waals surface area contributed by atoms with Crippen LogP contribution >= 0.6 is 38.9 Å². The van der Waals surface area contributed by atoms with Gasteiger partial charge in [0, 0.05) is 29.0 Å². The van der Waals surface area contributed by atoms with Gasteiger partial charge in [-0.2, -0.15) is 0 Å². The van der Waals surface area contributed by atoms with Gasteiger partial charge in [0.05, 0.1) is 18.9 Å². The molecule has 1 saturated heterocycles. The van der Waals surface area contributed by atoms with Crippen molar-refractivity contribution in [3.8, 4) is 11.5 Å². The lowest BCUT2D eigenvalue weighted by molar-refractivity contribution is -0.117. The van der Waals surface area contributed by atoms with E-state index in [1.807, 2.05) is 18.2 Å². The molecular formula is C26H26BrClN2O5S2. The van der Waals surface area contributed by atoms with E-state index in [1.165, 1.54) is 18.9 Å². The zero-order chi connectivity index (χ0) is 26.2. The van der Waals surface area contributed by atoms with Crippen LogP contribution in [0, 0.1) is 0 Å². The maximum absolute atomic E-state index is 13.0. The number of carbonyl (C=O) groups is 1. The Morgan fingerprint density at radius 3 is 2.59 bits per heavy atom. The first kappa shape index (κ1) is 26.3. The van der Waals surface area contributed by atoms with Crippen LogP contribution < -0.4 is 19.1 Å². The largest absolute Gasteiger partial charge is 0.493 e. The molecule has 1 aliphatic heterocycles. The average molecular weight is 626 g/mol. The van der Waals surface area contributed by atoms with Gasteiger partial charge in [-0.3, -0.25) is 9.52 Å². The molecule has 2 heterocycles. The number of nitrogens with zero attached hydrogens (tertiary/aromatic N) is 1. The summed E-state index contributed by atoms with van der Waals surface area (Å²) in [5.41, 5.74) is 2.02. The third-order valence-corrected chi connectivity index (χ3v) is 11.0. The van der Waals surface area contributed by atoms with Crippen LogP contribution in [0.1, 0.15) is 43.6 Å². The van der Waals surface area contributed by atoms with Crippen molar-refractivity contribution in [1.29, 1.82) is 0 Å². The van der Waals surface area contributed by atoms with Crippen molar-refractivity contribution in [3.05, 3.63) is 62.9 Å². The highest BCUT2D eigenvalue weighted by Gasteiger charge is 2.33. The third-order valence-electron chi connectivity index (χ3n) is 6.68. The van der Waals surface area contributed by atoms with Gasteiger partial charge in [0.1, 0.15) is 8.55 Å². The van der Waals surface area contributed by atoms with Crippen molar-refractivity contribution in [2.45, 2.75) is 48.3 Å². The van der Waals surface area contributed by atoms with Crippen LogP contribution in [-0.4, -0.2) is 34.1 Å². The summed E-state index contributed by atoms with van der Waals surface area (Å²) >= 11 is 10.2. The molecule has 2 fully saturated rings. The number of methoxy groups -OCH3 is 1. The summed E-state index contributed by atoms with van der Waals surface area (Å²) < 4.78 is 41.0. The predicted octanol–water partition coefficient (Wildman–Crippen LogP) is 6.82. The number of ether oxygens (including phenoxy) is 2. The van der Waals surface area contributed by atoms with Gasteiger partial charge < -0.3 is 14.4 Å².